The fraction of sp³-hybridized carbons (Fsp3) is 0.238. The first-order valence-corrected chi connectivity index (χ1v) is 10.6. The quantitative estimate of drug-likeness (QED) is 0.468. The average molecular weight is 511 g/mol. The zero-order valence-electron chi connectivity index (χ0n) is 15.5. The van der Waals surface area contributed by atoms with Crippen LogP contribution in [0.2, 0.25) is 5.02 Å². The molecule has 2 aromatic carbocycles. The number of nitrogens with one attached hydrogen (secondary N) is 1. The molecule has 0 aliphatic carbocycles. The van der Waals surface area contributed by atoms with E-state index in [2.05, 4.69) is 27.9 Å². The van der Waals surface area contributed by atoms with E-state index in [1.54, 1.807) is 38.1 Å². The lowest BCUT2D eigenvalue weighted by Crippen LogP contribution is -2.56. The maximum absolute atomic E-state index is 13.3. The third kappa shape index (κ3) is 4.24. The fourth-order valence-corrected chi connectivity index (χ4v) is 3.71. The Morgan fingerprint density at radius 1 is 1.21 bits per heavy atom. The first-order chi connectivity index (χ1) is 13.3. The summed E-state index contributed by atoms with van der Waals surface area (Å²) in [5.74, 6) is -0.691. The highest BCUT2D eigenvalue weighted by atomic mass is 127. The van der Waals surface area contributed by atoms with E-state index in [0.29, 0.717) is 20.7 Å². The molecule has 0 radical (unpaired) electrons. The number of carbonyl (C=O) groups excluding carboxylic acids is 2. The number of amides is 2. The van der Waals surface area contributed by atoms with Crippen LogP contribution in [0.5, 0.6) is 0 Å². The molecule has 0 saturated carbocycles. The van der Waals surface area contributed by atoms with E-state index in [4.69, 9.17) is 16.4 Å². The van der Waals surface area contributed by atoms with Gasteiger partial charge in [0.2, 0.25) is 0 Å². The van der Waals surface area contributed by atoms with Crippen LogP contribution in [0.1, 0.15) is 19.4 Å². The van der Waals surface area contributed by atoms with Crippen LogP contribution in [0.3, 0.4) is 0 Å². The van der Waals surface area contributed by atoms with E-state index in [1.807, 2.05) is 30.3 Å². The van der Waals surface area contributed by atoms with E-state index in [1.165, 1.54) is 5.06 Å². The maximum Gasteiger partial charge on any atom is 0.279 e. The smallest absolute Gasteiger partial charge is 0.279 e. The topological polar surface area (TPSA) is 58.6 Å². The van der Waals surface area contributed by atoms with Gasteiger partial charge >= 0.3 is 0 Å². The Labute approximate surface area is 182 Å². The van der Waals surface area contributed by atoms with Crippen LogP contribution < -0.4 is 5.32 Å². The molecule has 1 heterocycles. The summed E-state index contributed by atoms with van der Waals surface area (Å²) in [4.78, 5) is 32.0. The first-order valence-electron chi connectivity index (χ1n) is 8.72. The van der Waals surface area contributed by atoms with E-state index in [-0.39, 0.29) is 18.4 Å². The number of hydrogen-bond acceptors (Lipinski definition) is 3. The van der Waals surface area contributed by atoms with Crippen molar-refractivity contribution in [1.29, 1.82) is 0 Å². The summed E-state index contributed by atoms with van der Waals surface area (Å²) < 4.78 is 0.663. The summed E-state index contributed by atoms with van der Waals surface area (Å²) >= 11 is 8.20. The van der Waals surface area contributed by atoms with Crippen molar-refractivity contribution in [2.75, 3.05) is 16.4 Å². The molecule has 0 aromatic heterocycles. The molecule has 0 atom stereocenters. The molecule has 0 spiro atoms. The molecule has 7 heteroatoms. The lowest BCUT2D eigenvalue weighted by molar-refractivity contribution is -0.209. The van der Waals surface area contributed by atoms with Gasteiger partial charge in [-0.15, -0.1) is 0 Å². The van der Waals surface area contributed by atoms with E-state index in [0.717, 1.165) is 11.1 Å². The molecule has 2 amide bonds. The molecule has 1 N–H and O–H groups in total. The first kappa shape index (κ1) is 20.8. The summed E-state index contributed by atoms with van der Waals surface area (Å²) in [7, 11) is 0. The van der Waals surface area contributed by atoms with Crippen molar-refractivity contribution in [2.45, 2.75) is 19.4 Å². The second kappa shape index (κ2) is 8.63. The number of hydrogen-bond donors (Lipinski definition) is 1. The number of anilines is 1. The van der Waals surface area contributed by atoms with Crippen molar-refractivity contribution >= 4 is 57.3 Å². The Kier molecular flexibility index (Phi) is 6.42. The SMILES string of the molecule is CC(C)(C(=O)Nc1cccc(Cl)c1)N1OCC(CI)=C(c2ccccc2)C1=O. The van der Waals surface area contributed by atoms with Crippen molar-refractivity contribution < 1.29 is 14.4 Å². The Balaban J connectivity index is 1.89. The molecule has 2 aromatic rings. The van der Waals surface area contributed by atoms with Gasteiger partial charge in [0.15, 0.2) is 0 Å². The molecule has 1 aliphatic heterocycles. The van der Waals surface area contributed by atoms with Gasteiger partial charge < -0.3 is 5.32 Å². The largest absolute Gasteiger partial charge is 0.324 e. The molecule has 0 saturated heterocycles. The molecule has 0 bridgehead atoms. The Morgan fingerprint density at radius 2 is 1.93 bits per heavy atom. The molecular weight excluding hydrogens is 491 g/mol. The van der Waals surface area contributed by atoms with Crippen molar-refractivity contribution in [3.8, 4) is 0 Å². The molecule has 146 valence electrons. The average Bonchev–Trinajstić information content (AvgIpc) is 2.68. The van der Waals surface area contributed by atoms with E-state index in [9.17, 15) is 9.59 Å². The number of hydroxylamine groups is 2. The molecule has 28 heavy (non-hydrogen) atoms. The normalized spacial score (nSPS) is 15.0. The number of nitrogens with zero attached hydrogens (tertiary/aromatic N) is 1. The van der Waals surface area contributed by atoms with Crippen LogP contribution in [0, 0.1) is 0 Å². The Hall–Kier alpha value is -1.90. The van der Waals surface area contributed by atoms with Crippen molar-refractivity contribution in [2.24, 2.45) is 0 Å². The van der Waals surface area contributed by atoms with Crippen LogP contribution in [-0.2, 0) is 14.4 Å². The van der Waals surface area contributed by atoms with Crippen LogP contribution in [0.25, 0.3) is 5.57 Å². The van der Waals surface area contributed by atoms with Crippen molar-refractivity contribution in [1.82, 2.24) is 5.06 Å². The highest BCUT2D eigenvalue weighted by molar-refractivity contribution is 14.1. The number of rotatable bonds is 5. The van der Waals surface area contributed by atoms with E-state index >= 15 is 0 Å². The van der Waals surface area contributed by atoms with Gasteiger partial charge in [-0.25, -0.2) is 5.06 Å². The Bertz CT molecular complexity index is 928. The molecule has 3 rings (SSSR count). The molecule has 0 unspecified atom stereocenters. The summed E-state index contributed by atoms with van der Waals surface area (Å²) in [5, 5.41) is 4.49. The summed E-state index contributed by atoms with van der Waals surface area (Å²) in [6.07, 6.45) is 0. The van der Waals surface area contributed by atoms with Gasteiger partial charge in [-0.1, -0.05) is 70.6 Å². The number of halogens is 2. The lowest BCUT2D eigenvalue weighted by Gasteiger charge is -2.39. The van der Waals surface area contributed by atoms with Crippen LogP contribution in [-0.4, -0.2) is 33.5 Å². The number of benzene rings is 2. The van der Waals surface area contributed by atoms with Crippen molar-refractivity contribution in [3.63, 3.8) is 0 Å². The van der Waals surface area contributed by atoms with Gasteiger partial charge in [0, 0.05) is 15.1 Å². The molecule has 0 fully saturated rings. The van der Waals surface area contributed by atoms with Crippen molar-refractivity contribution in [3.05, 3.63) is 70.8 Å². The van der Waals surface area contributed by atoms with Gasteiger partial charge in [-0.05, 0) is 43.2 Å². The third-order valence-electron chi connectivity index (χ3n) is 4.49. The standard InChI is InChI=1S/C21H20ClIN2O3/c1-21(2,20(27)24-17-10-6-9-16(22)11-17)25-19(26)18(15(12-23)13-28-25)14-7-4-3-5-8-14/h3-11H,12-13H2,1-2H3,(H,24,27). The molecular formula is C21H20ClIN2O3. The highest BCUT2D eigenvalue weighted by Crippen LogP contribution is 2.32. The minimum Gasteiger partial charge on any atom is -0.324 e. The zero-order chi connectivity index (χ0) is 20.3. The fourth-order valence-electron chi connectivity index (χ4n) is 2.92. The predicted octanol–water partition coefficient (Wildman–Crippen LogP) is 4.72. The minimum atomic E-state index is -1.23. The minimum absolute atomic E-state index is 0.257. The van der Waals surface area contributed by atoms with Crippen LogP contribution in [0.15, 0.2) is 60.2 Å². The maximum atomic E-state index is 13.3. The van der Waals surface area contributed by atoms with Gasteiger partial charge in [0.25, 0.3) is 11.8 Å². The second-order valence-corrected chi connectivity index (χ2v) is 8.07. The highest BCUT2D eigenvalue weighted by Gasteiger charge is 2.43. The summed E-state index contributed by atoms with van der Waals surface area (Å²) in [6.45, 7) is 3.57. The van der Waals surface area contributed by atoms with Gasteiger partial charge in [0.1, 0.15) is 5.54 Å². The summed E-state index contributed by atoms with van der Waals surface area (Å²) in [5.41, 5.74) is 1.64. The predicted molar refractivity (Wildman–Crippen MR) is 119 cm³/mol. The molecule has 5 nitrogen and oxygen atoms in total. The zero-order valence-corrected chi connectivity index (χ0v) is 18.5. The van der Waals surface area contributed by atoms with Gasteiger partial charge in [-0.3, -0.25) is 14.4 Å². The number of alkyl halides is 1. The number of carbonyl (C=O) groups is 2. The third-order valence-corrected chi connectivity index (χ3v) is 5.65. The van der Waals surface area contributed by atoms with Crippen LogP contribution in [0.4, 0.5) is 5.69 Å². The lowest BCUT2D eigenvalue weighted by atomic mass is 9.96. The van der Waals surface area contributed by atoms with Gasteiger partial charge in [-0.2, -0.15) is 0 Å². The van der Waals surface area contributed by atoms with E-state index < -0.39 is 5.54 Å². The monoisotopic (exact) mass is 510 g/mol. The molecule has 1 aliphatic rings. The Morgan fingerprint density at radius 3 is 2.57 bits per heavy atom. The van der Waals surface area contributed by atoms with Gasteiger partial charge in [0.05, 0.1) is 12.2 Å². The summed E-state index contributed by atoms with van der Waals surface area (Å²) in [6, 6.07) is 16.3. The second-order valence-electron chi connectivity index (χ2n) is 6.87. The van der Waals surface area contributed by atoms with Crippen LogP contribution >= 0.6 is 34.2 Å².